The maximum Gasteiger partial charge on any atom is 0.326 e. The van der Waals surface area contributed by atoms with E-state index in [0.29, 0.717) is 28.6 Å². The Hall–Kier alpha value is -3.42. The average Bonchev–Trinajstić information content (AvgIpc) is 3.15. The first-order valence-electron chi connectivity index (χ1n) is 9.43. The summed E-state index contributed by atoms with van der Waals surface area (Å²) in [5, 5.41) is 9.73. The second-order valence-electron chi connectivity index (χ2n) is 6.83. The molecule has 2 aromatic rings. The third-order valence-corrected chi connectivity index (χ3v) is 5.25. The normalized spacial score (nSPS) is 16.9. The third-order valence-electron chi connectivity index (χ3n) is 5.25. The van der Waals surface area contributed by atoms with E-state index in [1.165, 1.54) is 26.2 Å². The van der Waals surface area contributed by atoms with Gasteiger partial charge in [0.2, 0.25) is 11.7 Å². The van der Waals surface area contributed by atoms with Crippen LogP contribution in [0.25, 0.3) is 0 Å². The number of rotatable bonds is 8. The summed E-state index contributed by atoms with van der Waals surface area (Å²) >= 11 is 0. The van der Waals surface area contributed by atoms with Crippen LogP contribution >= 0.6 is 0 Å². The van der Waals surface area contributed by atoms with Gasteiger partial charge < -0.3 is 29.0 Å². The van der Waals surface area contributed by atoms with E-state index in [1.54, 1.807) is 31.4 Å². The van der Waals surface area contributed by atoms with Crippen LogP contribution in [-0.4, -0.2) is 56.4 Å². The first kappa shape index (κ1) is 21.3. The van der Waals surface area contributed by atoms with Crippen molar-refractivity contribution < 1.29 is 33.6 Å². The summed E-state index contributed by atoms with van der Waals surface area (Å²) in [5.41, 5.74) is 1.39. The molecule has 1 aliphatic heterocycles. The van der Waals surface area contributed by atoms with Crippen LogP contribution in [0.3, 0.4) is 0 Å². The SMILES string of the molecule is COc1ccc(C(c2cc(OC)c(OC)c(OC)c2)N2C(=O)CC[C@H]2C(=O)O)cc1. The molecule has 0 aromatic heterocycles. The minimum Gasteiger partial charge on any atom is -0.497 e. The van der Waals surface area contributed by atoms with Gasteiger partial charge in [-0.1, -0.05) is 12.1 Å². The first-order chi connectivity index (χ1) is 14.4. The molecular weight excluding hydrogens is 390 g/mol. The van der Waals surface area contributed by atoms with Crippen molar-refractivity contribution in [1.82, 2.24) is 4.90 Å². The lowest BCUT2D eigenvalue weighted by molar-refractivity contribution is -0.147. The topological polar surface area (TPSA) is 94.5 Å². The van der Waals surface area contributed by atoms with Gasteiger partial charge in [0, 0.05) is 6.42 Å². The zero-order valence-electron chi connectivity index (χ0n) is 17.4. The molecule has 3 rings (SSSR count). The van der Waals surface area contributed by atoms with Crippen molar-refractivity contribution in [3.63, 3.8) is 0 Å². The Morgan fingerprint density at radius 2 is 1.57 bits per heavy atom. The molecule has 2 aromatic carbocycles. The Kier molecular flexibility index (Phi) is 6.34. The van der Waals surface area contributed by atoms with Crippen molar-refractivity contribution in [3.8, 4) is 23.0 Å². The fourth-order valence-corrected chi connectivity index (χ4v) is 3.83. The summed E-state index contributed by atoms with van der Waals surface area (Å²) in [6, 6.07) is 9.08. The lowest BCUT2D eigenvalue weighted by atomic mass is 9.95. The minimum absolute atomic E-state index is 0.175. The third kappa shape index (κ3) is 3.85. The molecule has 2 atom stereocenters. The van der Waals surface area contributed by atoms with Crippen molar-refractivity contribution in [2.45, 2.75) is 24.9 Å². The number of ether oxygens (including phenoxy) is 4. The lowest BCUT2D eigenvalue weighted by Gasteiger charge is -2.33. The van der Waals surface area contributed by atoms with E-state index in [9.17, 15) is 14.7 Å². The highest BCUT2D eigenvalue weighted by molar-refractivity contribution is 5.88. The summed E-state index contributed by atoms with van der Waals surface area (Å²) in [4.78, 5) is 26.1. The summed E-state index contributed by atoms with van der Waals surface area (Å²) < 4.78 is 21.5. The number of likely N-dealkylation sites (tertiary alicyclic amines) is 1. The standard InChI is InChI=1S/C22H25NO7/c1-27-15-7-5-13(6-8-15)20(23-16(22(25)26)9-10-19(23)24)14-11-17(28-2)21(30-4)18(12-14)29-3/h5-8,11-12,16,20H,9-10H2,1-4H3,(H,25,26)/t16-,20?/m0/s1. The highest BCUT2D eigenvalue weighted by atomic mass is 16.5. The molecule has 0 aliphatic carbocycles. The van der Waals surface area contributed by atoms with Gasteiger partial charge in [-0.25, -0.2) is 4.79 Å². The van der Waals surface area contributed by atoms with Gasteiger partial charge in [-0.15, -0.1) is 0 Å². The molecule has 1 saturated heterocycles. The Morgan fingerprint density at radius 1 is 0.967 bits per heavy atom. The van der Waals surface area contributed by atoms with Crippen LogP contribution in [0.4, 0.5) is 0 Å². The quantitative estimate of drug-likeness (QED) is 0.708. The zero-order chi connectivity index (χ0) is 21.8. The molecule has 160 valence electrons. The van der Waals surface area contributed by atoms with Gasteiger partial charge in [-0.05, 0) is 41.8 Å². The van der Waals surface area contributed by atoms with Crippen LogP contribution in [0.2, 0.25) is 0 Å². The molecule has 0 spiro atoms. The molecule has 1 aliphatic rings. The number of amides is 1. The maximum atomic E-state index is 12.8. The van der Waals surface area contributed by atoms with Crippen LogP contribution in [0, 0.1) is 0 Å². The van der Waals surface area contributed by atoms with Crippen LogP contribution < -0.4 is 18.9 Å². The van der Waals surface area contributed by atoms with E-state index in [0.717, 1.165) is 5.56 Å². The molecule has 1 amide bonds. The molecule has 1 heterocycles. The number of carboxylic acid groups (broad SMARTS) is 1. The fourth-order valence-electron chi connectivity index (χ4n) is 3.83. The number of methoxy groups -OCH3 is 4. The molecule has 30 heavy (non-hydrogen) atoms. The van der Waals surface area contributed by atoms with Crippen LogP contribution in [0.5, 0.6) is 23.0 Å². The first-order valence-corrected chi connectivity index (χ1v) is 9.43. The number of carbonyl (C=O) groups is 2. The van der Waals surface area contributed by atoms with E-state index >= 15 is 0 Å². The van der Waals surface area contributed by atoms with Gasteiger partial charge in [0.15, 0.2) is 11.5 Å². The Balaban J connectivity index is 2.21. The molecule has 1 fully saturated rings. The smallest absolute Gasteiger partial charge is 0.326 e. The molecule has 8 heteroatoms. The van der Waals surface area contributed by atoms with Crippen LogP contribution in [0.1, 0.15) is 30.0 Å². The second kappa shape index (κ2) is 8.94. The lowest BCUT2D eigenvalue weighted by Crippen LogP contribution is -2.41. The molecule has 0 bridgehead atoms. The highest BCUT2D eigenvalue weighted by Crippen LogP contribution is 2.44. The van der Waals surface area contributed by atoms with E-state index in [-0.39, 0.29) is 18.7 Å². The monoisotopic (exact) mass is 415 g/mol. The van der Waals surface area contributed by atoms with Crippen molar-refractivity contribution >= 4 is 11.9 Å². The van der Waals surface area contributed by atoms with Gasteiger partial charge >= 0.3 is 5.97 Å². The molecular formula is C22H25NO7. The fraction of sp³-hybridized carbons (Fsp3) is 0.364. The number of nitrogens with zero attached hydrogens (tertiary/aromatic N) is 1. The summed E-state index contributed by atoms with van der Waals surface area (Å²) in [6.45, 7) is 0. The van der Waals surface area contributed by atoms with Gasteiger partial charge in [-0.2, -0.15) is 0 Å². The highest BCUT2D eigenvalue weighted by Gasteiger charge is 2.42. The largest absolute Gasteiger partial charge is 0.497 e. The van der Waals surface area contributed by atoms with Crippen LogP contribution in [0.15, 0.2) is 36.4 Å². The minimum atomic E-state index is -1.04. The summed E-state index contributed by atoms with van der Waals surface area (Å²) in [7, 11) is 6.08. The zero-order valence-corrected chi connectivity index (χ0v) is 17.4. The molecule has 1 unspecified atom stereocenters. The maximum absolute atomic E-state index is 12.8. The molecule has 0 radical (unpaired) electrons. The Bertz CT molecular complexity index is 901. The average molecular weight is 415 g/mol. The van der Waals surface area contributed by atoms with Crippen LogP contribution in [-0.2, 0) is 9.59 Å². The van der Waals surface area contributed by atoms with Gasteiger partial charge in [0.1, 0.15) is 11.8 Å². The van der Waals surface area contributed by atoms with Crippen molar-refractivity contribution in [2.24, 2.45) is 0 Å². The molecule has 0 saturated carbocycles. The number of benzene rings is 2. The summed E-state index contributed by atoms with van der Waals surface area (Å²) in [5.74, 6) is 0.654. The van der Waals surface area contributed by atoms with Crippen molar-refractivity contribution in [1.29, 1.82) is 0 Å². The molecule has 8 nitrogen and oxygen atoms in total. The van der Waals surface area contributed by atoms with E-state index in [4.69, 9.17) is 18.9 Å². The summed E-state index contributed by atoms with van der Waals surface area (Å²) in [6.07, 6.45) is 0.430. The Labute approximate surface area is 174 Å². The second-order valence-corrected chi connectivity index (χ2v) is 6.83. The van der Waals surface area contributed by atoms with E-state index in [2.05, 4.69) is 0 Å². The Morgan fingerprint density at radius 3 is 2.03 bits per heavy atom. The number of aliphatic carboxylic acids is 1. The predicted molar refractivity (Wildman–Crippen MR) is 108 cm³/mol. The van der Waals surface area contributed by atoms with Gasteiger partial charge in [0.25, 0.3) is 0 Å². The van der Waals surface area contributed by atoms with E-state index in [1.807, 2.05) is 12.1 Å². The number of carbonyl (C=O) groups excluding carboxylic acids is 1. The van der Waals surface area contributed by atoms with Gasteiger partial charge in [0.05, 0.1) is 34.5 Å². The molecule has 1 N–H and O–H groups in total. The number of hydrogen-bond acceptors (Lipinski definition) is 6. The number of hydrogen-bond donors (Lipinski definition) is 1. The van der Waals surface area contributed by atoms with Crippen molar-refractivity contribution in [3.05, 3.63) is 47.5 Å². The predicted octanol–water partition coefficient (Wildman–Crippen LogP) is 2.89. The number of carboxylic acids is 1. The van der Waals surface area contributed by atoms with E-state index < -0.39 is 18.1 Å². The van der Waals surface area contributed by atoms with Crippen molar-refractivity contribution in [2.75, 3.05) is 28.4 Å². The van der Waals surface area contributed by atoms with Gasteiger partial charge in [-0.3, -0.25) is 4.79 Å².